The van der Waals surface area contributed by atoms with Crippen molar-refractivity contribution in [2.45, 2.75) is 62.6 Å². The molecule has 7 rings (SSSR count). The van der Waals surface area contributed by atoms with Gasteiger partial charge in [-0.3, -0.25) is 14.3 Å². The SMILES string of the molecule is C[C@@H]1[C@@H]([Si](C)(C)O)[C@H](CCn2cc(C(CO)c3ccccc3)nn2)O[C@@]12C(=O)N(C)c1ccc(NC(=O)Cc3c[nH]c4ccccc34)cc12. The van der Waals surface area contributed by atoms with Crippen LogP contribution in [0.15, 0.2) is 85.2 Å². The average molecular weight is 679 g/mol. The van der Waals surface area contributed by atoms with E-state index in [1.54, 1.807) is 16.6 Å². The Labute approximate surface area is 286 Å². The number of likely N-dealkylation sites (N-methyl/N-ethyl adjacent to an activating group) is 1. The van der Waals surface area contributed by atoms with Crippen molar-refractivity contribution >= 4 is 42.4 Å². The molecule has 4 heterocycles. The second kappa shape index (κ2) is 12.7. The van der Waals surface area contributed by atoms with Crippen molar-refractivity contribution in [1.82, 2.24) is 20.0 Å². The number of rotatable bonds is 10. The Morgan fingerprint density at radius 3 is 2.63 bits per heavy atom. The number of nitrogens with one attached hydrogen (secondary N) is 2. The minimum atomic E-state index is -2.86. The number of aliphatic hydroxyl groups excluding tert-OH is 1. The number of para-hydroxylation sites is 1. The number of nitrogens with zero attached hydrogens (tertiary/aromatic N) is 4. The Hall–Kier alpha value is -4.62. The van der Waals surface area contributed by atoms with Gasteiger partial charge in [-0.2, -0.15) is 0 Å². The van der Waals surface area contributed by atoms with Gasteiger partial charge in [0.25, 0.3) is 5.91 Å². The lowest BCUT2D eigenvalue weighted by molar-refractivity contribution is -0.145. The molecule has 0 radical (unpaired) electrons. The molecule has 0 saturated carbocycles. The van der Waals surface area contributed by atoms with E-state index in [-0.39, 0.29) is 42.2 Å². The zero-order valence-corrected chi connectivity index (χ0v) is 29.1. The molecule has 1 fully saturated rings. The molecule has 2 amide bonds. The number of ether oxygens (including phenoxy) is 1. The van der Waals surface area contributed by atoms with Crippen molar-refractivity contribution in [2.24, 2.45) is 5.92 Å². The Morgan fingerprint density at radius 1 is 1.12 bits per heavy atom. The average Bonchev–Trinajstić information content (AvgIpc) is 3.83. The molecule has 12 heteroatoms. The fourth-order valence-electron chi connectivity index (χ4n) is 8.08. The van der Waals surface area contributed by atoms with Gasteiger partial charge in [-0.05, 0) is 54.9 Å². The van der Waals surface area contributed by atoms with Gasteiger partial charge in [-0.15, -0.1) is 5.10 Å². The highest BCUT2D eigenvalue weighted by molar-refractivity contribution is 6.71. The topological polar surface area (TPSA) is 146 Å². The number of benzene rings is 3. The summed E-state index contributed by atoms with van der Waals surface area (Å²) >= 11 is 0. The van der Waals surface area contributed by atoms with Crippen molar-refractivity contribution in [1.29, 1.82) is 0 Å². The van der Waals surface area contributed by atoms with Crippen molar-refractivity contribution in [2.75, 3.05) is 23.9 Å². The first-order valence-corrected chi connectivity index (χ1v) is 19.8. The smallest absolute Gasteiger partial charge is 0.264 e. The van der Waals surface area contributed by atoms with Gasteiger partial charge in [0, 0.05) is 59.6 Å². The normalized spacial score (nSPS) is 22.6. The summed E-state index contributed by atoms with van der Waals surface area (Å²) in [5.74, 6) is -0.975. The summed E-state index contributed by atoms with van der Waals surface area (Å²) in [6, 6.07) is 23.1. The second-order valence-corrected chi connectivity index (χ2v) is 17.9. The highest BCUT2D eigenvalue weighted by Crippen LogP contribution is 2.59. The molecule has 0 aliphatic carbocycles. The fourth-order valence-corrected chi connectivity index (χ4v) is 10.7. The van der Waals surface area contributed by atoms with Crippen LogP contribution >= 0.6 is 0 Å². The highest BCUT2D eigenvalue weighted by Gasteiger charge is 2.65. The number of H-pyrrole nitrogens is 1. The van der Waals surface area contributed by atoms with Crippen LogP contribution < -0.4 is 10.2 Å². The van der Waals surface area contributed by atoms with Gasteiger partial charge in [-0.1, -0.05) is 60.7 Å². The van der Waals surface area contributed by atoms with E-state index in [1.165, 1.54) is 0 Å². The minimum absolute atomic E-state index is 0.0959. The van der Waals surface area contributed by atoms with Crippen LogP contribution in [0.4, 0.5) is 11.4 Å². The van der Waals surface area contributed by atoms with Gasteiger partial charge >= 0.3 is 0 Å². The molecule has 254 valence electrons. The lowest BCUT2D eigenvalue weighted by Crippen LogP contribution is -2.45. The highest BCUT2D eigenvalue weighted by atomic mass is 28.4. The first-order valence-electron chi connectivity index (χ1n) is 16.7. The Kier molecular flexibility index (Phi) is 8.51. The van der Waals surface area contributed by atoms with Gasteiger partial charge in [0.2, 0.25) is 5.91 Å². The van der Waals surface area contributed by atoms with Crippen molar-refractivity contribution < 1.29 is 24.2 Å². The number of aromatic nitrogens is 4. The standard InChI is InChI=1S/C37H42N6O5Si/c1-23-35(49(3,4)47)33(16-17-43-21-31(40-41-43)28(22-44)24-10-6-5-7-11-24)48-37(23)29-19-26(14-15-32(29)42(2)36(37)46)39-34(45)18-25-20-38-30-13-9-8-12-27(25)30/h5-15,19-21,23,28,33,35,38,44,47H,16-18,22H2,1-4H3,(H,39,45)/t23-,28?,33+,35-,37+/m1/s1. The number of aryl methyl sites for hydroxylation is 1. The first kappa shape index (κ1) is 32.9. The van der Waals surface area contributed by atoms with E-state index in [2.05, 4.69) is 20.6 Å². The first-order chi connectivity index (χ1) is 23.5. The van der Waals surface area contributed by atoms with Gasteiger partial charge in [0.15, 0.2) is 13.9 Å². The molecule has 5 aromatic rings. The number of hydrogen-bond acceptors (Lipinski definition) is 7. The van der Waals surface area contributed by atoms with Gasteiger partial charge in [0.05, 0.1) is 36.4 Å². The molecule has 2 aliphatic heterocycles. The molecule has 3 aromatic carbocycles. The summed E-state index contributed by atoms with van der Waals surface area (Å²) in [6.45, 7) is 6.15. The van der Waals surface area contributed by atoms with E-state index in [0.717, 1.165) is 27.7 Å². The number of anilines is 2. The van der Waals surface area contributed by atoms with E-state index in [1.807, 2.05) is 105 Å². The summed E-state index contributed by atoms with van der Waals surface area (Å²) in [5.41, 5.74) is 3.93. The summed E-state index contributed by atoms with van der Waals surface area (Å²) in [5, 5.41) is 22.9. The molecule has 1 unspecified atom stereocenters. The van der Waals surface area contributed by atoms with Gasteiger partial charge in [0.1, 0.15) is 0 Å². The quantitative estimate of drug-likeness (QED) is 0.153. The van der Waals surface area contributed by atoms with Crippen molar-refractivity contribution in [3.63, 3.8) is 0 Å². The lowest BCUT2D eigenvalue weighted by atomic mass is 9.82. The number of aromatic amines is 1. The number of hydrogen-bond donors (Lipinski definition) is 4. The van der Waals surface area contributed by atoms with Crippen LogP contribution in [-0.2, 0) is 32.9 Å². The number of carbonyl (C=O) groups is 2. The molecule has 49 heavy (non-hydrogen) atoms. The molecule has 1 saturated heterocycles. The van der Waals surface area contributed by atoms with E-state index in [9.17, 15) is 19.5 Å². The van der Waals surface area contributed by atoms with Crippen LogP contribution in [0.5, 0.6) is 0 Å². The van der Waals surface area contributed by atoms with E-state index >= 15 is 0 Å². The molecule has 4 N–H and O–H groups in total. The van der Waals surface area contributed by atoms with Crippen LogP contribution in [-0.4, -0.2) is 69.8 Å². The maximum absolute atomic E-state index is 14.2. The monoisotopic (exact) mass is 678 g/mol. The molecule has 11 nitrogen and oxygen atoms in total. The Balaban J connectivity index is 1.13. The molecular formula is C37H42N6O5Si. The zero-order chi connectivity index (χ0) is 34.5. The van der Waals surface area contributed by atoms with Crippen LogP contribution in [0.2, 0.25) is 18.6 Å². The number of fused-ring (bicyclic) bond motifs is 3. The molecule has 1 spiro atoms. The maximum Gasteiger partial charge on any atom is 0.264 e. The Bertz CT molecular complexity index is 2010. The number of amides is 2. The summed E-state index contributed by atoms with van der Waals surface area (Å²) in [6.07, 6.45) is 3.97. The van der Waals surface area contributed by atoms with Gasteiger partial charge < -0.3 is 29.8 Å². The van der Waals surface area contributed by atoms with E-state index in [0.29, 0.717) is 29.9 Å². The number of carbonyl (C=O) groups excluding carboxylic acids is 2. The second-order valence-electron chi connectivity index (χ2n) is 13.9. The summed E-state index contributed by atoms with van der Waals surface area (Å²) in [4.78, 5) is 43.9. The predicted octanol–water partition coefficient (Wildman–Crippen LogP) is 4.93. The zero-order valence-electron chi connectivity index (χ0n) is 28.1. The van der Waals surface area contributed by atoms with Crippen LogP contribution in [0.3, 0.4) is 0 Å². The predicted molar refractivity (Wildman–Crippen MR) is 190 cm³/mol. The van der Waals surface area contributed by atoms with Crippen LogP contribution in [0.25, 0.3) is 10.9 Å². The van der Waals surface area contributed by atoms with Crippen LogP contribution in [0, 0.1) is 5.92 Å². The minimum Gasteiger partial charge on any atom is -0.432 e. The van der Waals surface area contributed by atoms with Crippen molar-refractivity contribution in [3.05, 3.63) is 108 Å². The summed E-state index contributed by atoms with van der Waals surface area (Å²) in [7, 11) is -1.12. The molecule has 2 aromatic heterocycles. The Morgan fingerprint density at radius 2 is 1.88 bits per heavy atom. The van der Waals surface area contributed by atoms with Gasteiger partial charge in [-0.25, -0.2) is 0 Å². The molecule has 2 aliphatic rings. The van der Waals surface area contributed by atoms with E-state index < -0.39 is 20.0 Å². The fraction of sp³-hybridized carbons (Fsp3) is 0.351. The summed E-state index contributed by atoms with van der Waals surface area (Å²) < 4.78 is 8.63. The maximum atomic E-state index is 14.2. The third kappa shape index (κ3) is 5.78. The third-order valence-electron chi connectivity index (χ3n) is 10.4. The third-order valence-corrected chi connectivity index (χ3v) is 12.9. The van der Waals surface area contributed by atoms with E-state index in [4.69, 9.17) is 4.74 Å². The molecular weight excluding hydrogens is 637 g/mol. The molecule has 5 atom stereocenters. The largest absolute Gasteiger partial charge is 0.432 e. The molecule has 0 bridgehead atoms. The number of aliphatic hydroxyl groups is 1. The van der Waals surface area contributed by atoms with Crippen LogP contribution in [0.1, 0.15) is 41.6 Å². The lowest BCUT2D eigenvalue weighted by Gasteiger charge is -2.32. The van der Waals surface area contributed by atoms with Crippen molar-refractivity contribution in [3.8, 4) is 0 Å².